The molecule has 140 valence electrons. The van der Waals surface area contributed by atoms with Crippen LogP contribution in [0.25, 0.3) is 0 Å². The monoisotopic (exact) mass is 468 g/mol. The molecule has 1 aliphatic rings. The van der Waals surface area contributed by atoms with Gasteiger partial charge in [0.15, 0.2) is 11.6 Å². The van der Waals surface area contributed by atoms with E-state index in [9.17, 15) is 9.59 Å². The van der Waals surface area contributed by atoms with E-state index in [4.69, 9.17) is 23.2 Å². The van der Waals surface area contributed by atoms with Crippen LogP contribution in [0, 0.1) is 6.92 Å². The maximum atomic E-state index is 13.0. The Hall–Kier alpha value is -1.96. The van der Waals surface area contributed by atoms with E-state index in [1.54, 1.807) is 37.4 Å². The minimum atomic E-state index is -0.665. The number of hydrogen-bond acceptors (Lipinski definition) is 5. The molecule has 2 aromatic rings. The molecule has 1 atom stereocenters. The predicted molar refractivity (Wildman–Crippen MR) is 111 cm³/mol. The van der Waals surface area contributed by atoms with Crippen molar-refractivity contribution in [1.29, 1.82) is 0 Å². The van der Waals surface area contributed by atoms with Crippen LogP contribution in [-0.4, -0.2) is 27.3 Å². The lowest BCUT2D eigenvalue weighted by Crippen LogP contribution is -2.39. The number of ketones is 1. The fourth-order valence-electron chi connectivity index (χ4n) is 2.81. The Morgan fingerprint density at radius 3 is 2.74 bits per heavy atom. The fraction of sp³-hybridized carbons (Fsp3) is 0.222. The zero-order valence-corrected chi connectivity index (χ0v) is 17.6. The second kappa shape index (κ2) is 7.96. The van der Waals surface area contributed by atoms with Crippen molar-refractivity contribution in [3.8, 4) is 0 Å². The third-order valence-electron chi connectivity index (χ3n) is 4.06. The average molecular weight is 470 g/mol. The van der Waals surface area contributed by atoms with Gasteiger partial charge in [0.2, 0.25) is 5.91 Å². The van der Waals surface area contributed by atoms with Crippen LogP contribution in [0.1, 0.15) is 29.3 Å². The largest absolute Gasteiger partial charge is 0.323 e. The number of aryl methyl sites for hydroxylation is 1. The van der Waals surface area contributed by atoms with Crippen molar-refractivity contribution in [2.75, 3.05) is 10.3 Å². The van der Waals surface area contributed by atoms with E-state index in [1.807, 2.05) is 0 Å². The molecule has 1 unspecified atom stereocenters. The summed E-state index contributed by atoms with van der Waals surface area (Å²) in [7, 11) is 0. The SMILES string of the molecule is CC(=O)c1cc(Cl)cc(C)c1NC(=O)C1CC(Br)=NN1c1ncccc1Cl. The van der Waals surface area contributed by atoms with Crippen LogP contribution in [0.2, 0.25) is 10.0 Å². The number of amides is 1. The van der Waals surface area contributed by atoms with Gasteiger partial charge in [-0.2, -0.15) is 5.10 Å². The Morgan fingerprint density at radius 2 is 2.07 bits per heavy atom. The number of nitrogens with one attached hydrogen (secondary N) is 1. The van der Waals surface area contributed by atoms with E-state index in [0.29, 0.717) is 43.7 Å². The quantitative estimate of drug-likeness (QED) is 0.651. The van der Waals surface area contributed by atoms with Gasteiger partial charge in [0, 0.05) is 23.2 Å². The number of carbonyl (C=O) groups is 2. The molecule has 0 fully saturated rings. The van der Waals surface area contributed by atoms with Crippen molar-refractivity contribution >= 4 is 66.9 Å². The molecule has 1 aliphatic heterocycles. The number of carbonyl (C=O) groups excluding carboxylic acids is 2. The van der Waals surface area contributed by atoms with Gasteiger partial charge in [-0.15, -0.1) is 0 Å². The molecule has 1 N–H and O–H groups in total. The molecule has 0 radical (unpaired) electrons. The van der Waals surface area contributed by atoms with Gasteiger partial charge < -0.3 is 5.32 Å². The Kier molecular flexibility index (Phi) is 5.83. The lowest BCUT2D eigenvalue weighted by atomic mass is 10.0. The lowest BCUT2D eigenvalue weighted by Gasteiger charge is -2.23. The Morgan fingerprint density at radius 1 is 1.33 bits per heavy atom. The summed E-state index contributed by atoms with van der Waals surface area (Å²) in [6.07, 6.45) is 1.93. The molecule has 2 heterocycles. The first kappa shape index (κ1) is 19.8. The van der Waals surface area contributed by atoms with Crippen molar-refractivity contribution < 1.29 is 9.59 Å². The molecule has 0 saturated heterocycles. The van der Waals surface area contributed by atoms with E-state index in [2.05, 4.69) is 31.3 Å². The molecule has 9 heteroatoms. The van der Waals surface area contributed by atoms with Crippen LogP contribution >= 0.6 is 39.1 Å². The van der Waals surface area contributed by atoms with Gasteiger partial charge >= 0.3 is 0 Å². The van der Waals surface area contributed by atoms with Crippen LogP contribution in [0.3, 0.4) is 0 Å². The maximum absolute atomic E-state index is 13.0. The predicted octanol–water partition coefficient (Wildman–Crippen LogP) is 4.83. The summed E-state index contributed by atoms with van der Waals surface area (Å²) in [5, 5.41) is 9.46. The first-order valence-electron chi connectivity index (χ1n) is 8.02. The van der Waals surface area contributed by atoms with Crippen LogP contribution in [-0.2, 0) is 4.79 Å². The second-order valence-electron chi connectivity index (χ2n) is 6.04. The van der Waals surface area contributed by atoms with Crippen molar-refractivity contribution in [2.24, 2.45) is 5.10 Å². The number of pyridine rings is 1. The average Bonchev–Trinajstić information content (AvgIpc) is 2.99. The molecule has 0 saturated carbocycles. The van der Waals surface area contributed by atoms with Crippen LogP contribution in [0.4, 0.5) is 11.5 Å². The van der Waals surface area contributed by atoms with Gasteiger partial charge in [0.1, 0.15) is 10.7 Å². The molecule has 3 rings (SSSR count). The van der Waals surface area contributed by atoms with E-state index in [-0.39, 0.29) is 11.7 Å². The summed E-state index contributed by atoms with van der Waals surface area (Å²) in [6, 6.07) is 5.95. The number of nitrogens with zero attached hydrogens (tertiary/aromatic N) is 3. The van der Waals surface area contributed by atoms with Crippen molar-refractivity contribution in [3.63, 3.8) is 0 Å². The van der Waals surface area contributed by atoms with Gasteiger partial charge in [0.05, 0.1) is 10.7 Å². The highest BCUT2D eigenvalue weighted by molar-refractivity contribution is 9.18. The molecular formula is C18H15BrCl2N4O2. The highest BCUT2D eigenvalue weighted by Crippen LogP contribution is 2.32. The van der Waals surface area contributed by atoms with E-state index in [1.165, 1.54) is 11.9 Å². The first-order valence-corrected chi connectivity index (χ1v) is 9.57. The van der Waals surface area contributed by atoms with Gasteiger partial charge in [0.25, 0.3) is 0 Å². The topological polar surface area (TPSA) is 74.7 Å². The first-order chi connectivity index (χ1) is 12.8. The second-order valence-corrected chi connectivity index (χ2v) is 7.80. The van der Waals surface area contributed by atoms with Crippen LogP contribution in [0.5, 0.6) is 0 Å². The maximum Gasteiger partial charge on any atom is 0.249 e. The van der Waals surface area contributed by atoms with Gasteiger partial charge in [-0.05, 0) is 59.6 Å². The highest BCUT2D eigenvalue weighted by Gasteiger charge is 2.35. The molecule has 27 heavy (non-hydrogen) atoms. The van der Waals surface area contributed by atoms with Crippen LogP contribution in [0.15, 0.2) is 35.6 Å². The van der Waals surface area contributed by atoms with Gasteiger partial charge in [-0.3, -0.25) is 9.59 Å². The summed E-state index contributed by atoms with van der Waals surface area (Å²) < 4.78 is 0.601. The lowest BCUT2D eigenvalue weighted by molar-refractivity contribution is -0.117. The molecule has 0 bridgehead atoms. The number of hydrogen-bond donors (Lipinski definition) is 1. The van der Waals surface area contributed by atoms with Crippen molar-refractivity contribution in [1.82, 2.24) is 4.98 Å². The van der Waals surface area contributed by atoms with Crippen molar-refractivity contribution in [3.05, 3.63) is 51.6 Å². The molecular weight excluding hydrogens is 455 g/mol. The minimum absolute atomic E-state index is 0.190. The minimum Gasteiger partial charge on any atom is -0.323 e. The standard InChI is InChI=1S/C18H15BrCl2N4O2/c1-9-6-11(20)7-12(10(2)26)16(9)23-18(27)14-8-15(19)24-25(14)17-13(21)4-3-5-22-17/h3-7,14H,8H2,1-2H3,(H,23,27). The number of rotatable bonds is 4. The Labute approximate surface area is 174 Å². The highest BCUT2D eigenvalue weighted by atomic mass is 79.9. The fourth-order valence-corrected chi connectivity index (χ4v) is 3.77. The summed E-state index contributed by atoms with van der Waals surface area (Å²) in [4.78, 5) is 29.2. The number of Topliss-reactive ketones (excluding diaryl/α,β-unsaturated/α-hetero) is 1. The van der Waals surface area contributed by atoms with Gasteiger partial charge in [-0.1, -0.05) is 23.2 Å². The van der Waals surface area contributed by atoms with Gasteiger partial charge in [-0.25, -0.2) is 9.99 Å². The number of halogens is 3. The van der Waals surface area contributed by atoms with Crippen molar-refractivity contribution in [2.45, 2.75) is 26.3 Å². The summed E-state index contributed by atoms with van der Waals surface area (Å²) in [5.41, 5.74) is 1.49. The molecule has 0 spiro atoms. The third kappa shape index (κ3) is 4.15. The third-order valence-corrected chi connectivity index (χ3v) is 5.06. The Bertz CT molecular complexity index is 964. The van der Waals surface area contributed by atoms with Crippen LogP contribution < -0.4 is 10.3 Å². The molecule has 1 aromatic carbocycles. The normalized spacial score (nSPS) is 16.3. The summed E-state index contributed by atoms with van der Waals surface area (Å²) in [5.74, 6) is -0.138. The molecule has 6 nitrogen and oxygen atoms in total. The number of anilines is 2. The van der Waals surface area contributed by atoms with E-state index >= 15 is 0 Å². The zero-order chi connectivity index (χ0) is 19.7. The molecule has 1 amide bonds. The van der Waals surface area contributed by atoms with E-state index < -0.39 is 6.04 Å². The number of aromatic nitrogens is 1. The number of benzene rings is 1. The molecule has 0 aliphatic carbocycles. The molecule has 1 aromatic heterocycles. The smallest absolute Gasteiger partial charge is 0.249 e. The summed E-state index contributed by atoms with van der Waals surface area (Å²) in [6.45, 7) is 3.21. The van der Waals surface area contributed by atoms with E-state index in [0.717, 1.165) is 0 Å². The zero-order valence-electron chi connectivity index (χ0n) is 14.5. The summed E-state index contributed by atoms with van der Waals surface area (Å²) >= 11 is 15.6. The number of hydrazone groups is 1. The Balaban J connectivity index is 1.93.